The van der Waals surface area contributed by atoms with Gasteiger partial charge < -0.3 is 14.8 Å². The molecule has 2 aromatic rings. The van der Waals surface area contributed by atoms with Gasteiger partial charge in [0.1, 0.15) is 0 Å². The third kappa shape index (κ3) is 4.33. The van der Waals surface area contributed by atoms with Crippen LogP contribution in [0.2, 0.25) is 0 Å². The summed E-state index contributed by atoms with van der Waals surface area (Å²) in [6.45, 7) is 1.29. The summed E-state index contributed by atoms with van der Waals surface area (Å²) in [5.74, 6) is -0.333. The Bertz CT molecular complexity index is 610. The van der Waals surface area contributed by atoms with Crippen molar-refractivity contribution in [3.63, 3.8) is 0 Å². The van der Waals surface area contributed by atoms with Crippen molar-refractivity contribution in [3.8, 4) is 0 Å². The monoisotopic (exact) mass is 285 g/mol. The van der Waals surface area contributed by atoms with Crippen LogP contribution < -0.4 is 5.32 Å². The number of rotatable bonds is 6. The summed E-state index contributed by atoms with van der Waals surface area (Å²) in [5.41, 5.74) is 3.72. The van der Waals surface area contributed by atoms with Crippen molar-refractivity contribution < 1.29 is 14.3 Å². The maximum Gasteiger partial charge on any atom is 0.337 e. The molecule has 0 spiro atoms. The fourth-order valence-corrected chi connectivity index (χ4v) is 2.07. The fourth-order valence-electron chi connectivity index (χ4n) is 2.07. The van der Waals surface area contributed by atoms with Crippen molar-refractivity contribution in [2.75, 3.05) is 19.5 Å². The number of carbonyl (C=O) groups excluding carboxylic acids is 1. The topological polar surface area (TPSA) is 47.6 Å². The molecule has 21 heavy (non-hydrogen) atoms. The lowest BCUT2D eigenvalue weighted by Crippen LogP contribution is -2.04. The molecule has 0 aliphatic carbocycles. The van der Waals surface area contributed by atoms with Gasteiger partial charge in [-0.15, -0.1) is 0 Å². The lowest BCUT2D eigenvalue weighted by molar-refractivity contribution is 0.0601. The Morgan fingerprint density at radius 1 is 1.05 bits per heavy atom. The van der Waals surface area contributed by atoms with E-state index in [1.165, 1.54) is 7.11 Å². The number of nitrogens with one attached hydrogen (secondary N) is 1. The zero-order chi connectivity index (χ0) is 15.1. The highest BCUT2D eigenvalue weighted by atomic mass is 16.5. The normalized spacial score (nSPS) is 10.2. The second-order valence-corrected chi connectivity index (χ2v) is 4.68. The molecule has 0 unspecified atom stereocenters. The smallest absolute Gasteiger partial charge is 0.337 e. The van der Waals surface area contributed by atoms with Crippen LogP contribution in [0.1, 0.15) is 21.5 Å². The second kappa shape index (κ2) is 7.45. The summed E-state index contributed by atoms with van der Waals surface area (Å²) in [7, 11) is 3.06. The molecule has 0 aliphatic heterocycles. The Morgan fingerprint density at radius 3 is 2.57 bits per heavy atom. The van der Waals surface area contributed by atoms with Crippen LogP contribution in [0.3, 0.4) is 0 Å². The fraction of sp³-hybridized carbons (Fsp3) is 0.235. The number of carbonyl (C=O) groups is 1. The largest absolute Gasteiger partial charge is 0.465 e. The molecule has 0 fully saturated rings. The van der Waals surface area contributed by atoms with E-state index in [2.05, 4.69) is 17.4 Å². The van der Waals surface area contributed by atoms with Gasteiger partial charge in [0.2, 0.25) is 0 Å². The molecule has 4 nitrogen and oxygen atoms in total. The first-order valence-corrected chi connectivity index (χ1v) is 6.72. The van der Waals surface area contributed by atoms with Gasteiger partial charge in [-0.2, -0.15) is 0 Å². The first-order chi connectivity index (χ1) is 10.2. The number of hydrogen-bond donors (Lipinski definition) is 1. The molecule has 0 bridgehead atoms. The third-order valence-corrected chi connectivity index (χ3v) is 3.08. The number of esters is 1. The minimum Gasteiger partial charge on any atom is -0.465 e. The number of hydrogen-bond acceptors (Lipinski definition) is 4. The van der Waals surface area contributed by atoms with Crippen LogP contribution in [0.15, 0.2) is 48.5 Å². The van der Waals surface area contributed by atoms with Crippen molar-refractivity contribution in [3.05, 3.63) is 65.2 Å². The molecule has 0 heterocycles. The highest BCUT2D eigenvalue weighted by Gasteiger charge is 2.05. The Hall–Kier alpha value is -2.33. The number of methoxy groups -OCH3 is 2. The first kappa shape index (κ1) is 15.1. The summed E-state index contributed by atoms with van der Waals surface area (Å²) in [5, 5.41) is 3.30. The zero-order valence-electron chi connectivity index (χ0n) is 12.3. The van der Waals surface area contributed by atoms with Crippen LogP contribution in [-0.2, 0) is 22.6 Å². The Balaban J connectivity index is 2.02. The molecule has 0 atom stereocenters. The van der Waals surface area contributed by atoms with Gasteiger partial charge in [0.25, 0.3) is 0 Å². The molecule has 0 radical (unpaired) electrons. The van der Waals surface area contributed by atoms with E-state index < -0.39 is 0 Å². The zero-order valence-corrected chi connectivity index (χ0v) is 12.3. The van der Waals surface area contributed by atoms with Crippen molar-refractivity contribution in [1.29, 1.82) is 0 Å². The predicted octanol–water partition coefficient (Wildman–Crippen LogP) is 3.23. The number of ether oxygens (including phenoxy) is 2. The number of anilines is 1. The summed E-state index contributed by atoms with van der Waals surface area (Å²) >= 11 is 0. The Morgan fingerprint density at radius 2 is 1.81 bits per heavy atom. The molecule has 2 aromatic carbocycles. The quantitative estimate of drug-likeness (QED) is 0.828. The van der Waals surface area contributed by atoms with Gasteiger partial charge >= 0.3 is 5.97 Å². The van der Waals surface area contributed by atoms with E-state index in [9.17, 15) is 4.79 Å². The summed E-state index contributed by atoms with van der Waals surface area (Å²) in [6, 6.07) is 15.5. The van der Waals surface area contributed by atoms with E-state index >= 15 is 0 Å². The van der Waals surface area contributed by atoms with Crippen molar-refractivity contribution >= 4 is 11.7 Å². The van der Waals surface area contributed by atoms with E-state index in [-0.39, 0.29) is 5.97 Å². The van der Waals surface area contributed by atoms with E-state index in [1.807, 2.05) is 24.3 Å². The van der Waals surface area contributed by atoms with Gasteiger partial charge in [0.15, 0.2) is 0 Å². The summed E-state index contributed by atoms with van der Waals surface area (Å²) in [6.07, 6.45) is 0. The molecular weight excluding hydrogens is 266 g/mol. The molecule has 0 saturated heterocycles. The molecule has 0 amide bonds. The van der Waals surface area contributed by atoms with Crippen molar-refractivity contribution in [1.82, 2.24) is 0 Å². The third-order valence-electron chi connectivity index (χ3n) is 3.08. The maximum atomic E-state index is 11.5. The highest BCUT2D eigenvalue weighted by Crippen LogP contribution is 2.14. The summed E-state index contributed by atoms with van der Waals surface area (Å²) in [4.78, 5) is 11.5. The van der Waals surface area contributed by atoms with Crippen molar-refractivity contribution in [2.45, 2.75) is 13.2 Å². The van der Waals surface area contributed by atoms with Crippen LogP contribution in [0.4, 0.5) is 5.69 Å². The van der Waals surface area contributed by atoms with Gasteiger partial charge in [-0.25, -0.2) is 4.79 Å². The van der Waals surface area contributed by atoms with Gasteiger partial charge in [-0.3, -0.25) is 0 Å². The second-order valence-electron chi connectivity index (χ2n) is 4.68. The van der Waals surface area contributed by atoms with Crippen LogP contribution >= 0.6 is 0 Å². The highest BCUT2D eigenvalue weighted by molar-refractivity contribution is 5.90. The molecule has 0 saturated carbocycles. The van der Waals surface area contributed by atoms with Crippen LogP contribution in [0.25, 0.3) is 0 Å². The number of benzene rings is 2. The lowest BCUT2D eigenvalue weighted by Gasteiger charge is -2.09. The minimum atomic E-state index is -0.333. The van der Waals surface area contributed by atoms with E-state index in [4.69, 9.17) is 9.47 Å². The molecule has 4 heteroatoms. The molecule has 0 aliphatic rings. The Labute approximate surface area is 124 Å². The summed E-state index contributed by atoms with van der Waals surface area (Å²) < 4.78 is 9.84. The SMILES string of the molecule is COCc1cccc(CNc2cccc(C(=O)OC)c2)c1. The average molecular weight is 285 g/mol. The standard InChI is InChI=1S/C17H19NO3/c1-20-12-14-6-3-5-13(9-14)11-18-16-8-4-7-15(10-16)17(19)21-2/h3-10,18H,11-12H2,1-2H3. The molecule has 110 valence electrons. The van der Waals surface area contributed by atoms with Crippen LogP contribution in [0, 0.1) is 0 Å². The van der Waals surface area contributed by atoms with Crippen molar-refractivity contribution in [2.24, 2.45) is 0 Å². The average Bonchev–Trinajstić information content (AvgIpc) is 2.53. The van der Waals surface area contributed by atoms with Gasteiger partial charge in [-0.05, 0) is 29.3 Å². The molecule has 2 rings (SSSR count). The lowest BCUT2D eigenvalue weighted by atomic mass is 10.1. The first-order valence-electron chi connectivity index (χ1n) is 6.72. The van der Waals surface area contributed by atoms with E-state index in [0.717, 1.165) is 16.8 Å². The van der Waals surface area contributed by atoms with Gasteiger partial charge in [0, 0.05) is 19.3 Å². The van der Waals surface area contributed by atoms with Gasteiger partial charge in [0.05, 0.1) is 19.3 Å². The molecule has 0 aromatic heterocycles. The van der Waals surface area contributed by atoms with Gasteiger partial charge in [-0.1, -0.05) is 30.3 Å². The van der Waals surface area contributed by atoms with E-state index in [1.54, 1.807) is 19.2 Å². The van der Waals surface area contributed by atoms with Crippen LogP contribution in [0.5, 0.6) is 0 Å². The minimum absolute atomic E-state index is 0.333. The molecular formula is C17H19NO3. The van der Waals surface area contributed by atoms with E-state index in [0.29, 0.717) is 18.7 Å². The predicted molar refractivity (Wildman–Crippen MR) is 82.3 cm³/mol. The molecule has 1 N–H and O–H groups in total. The van der Waals surface area contributed by atoms with Crippen LogP contribution in [-0.4, -0.2) is 20.2 Å². The Kier molecular flexibility index (Phi) is 5.35. The maximum absolute atomic E-state index is 11.5.